The number of carbonyl (C=O) groups is 1. The second-order valence-electron chi connectivity index (χ2n) is 4.55. The van der Waals surface area contributed by atoms with Gasteiger partial charge >= 0.3 is 6.03 Å². The number of nitrogens with zero attached hydrogens (tertiary/aromatic N) is 2. The zero-order valence-corrected chi connectivity index (χ0v) is 13.7. The van der Waals surface area contributed by atoms with Gasteiger partial charge in [-0.1, -0.05) is 11.3 Å². The van der Waals surface area contributed by atoms with Crippen molar-refractivity contribution in [3.63, 3.8) is 0 Å². The number of carbonyl (C=O) groups excluding carboxylic acids is 1. The number of anilines is 1. The van der Waals surface area contributed by atoms with E-state index < -0.39 is 0 Å². The Labute approximate surface area is 132 Å². The highest BCUT2D eigenvalue weighted by molar-refractivity contribution is 7.15. The Morgan fingerprint density at radius 1 is 1.27 bits per heavy atom. The molecule has 0 aliphatic rings. The third kappa shape index (κ3) is 3.85. The molecule has 0 saturated carbocycles. The smallest absolute Gasteiger partial charge is 0.321 e. The largest absolute Gasteiger partial charge is 0.497 e. The quantitative estimate of drug-likeness (QED) is 0.884. The minimum atomic E-state index is -0.346. The van der Waals surface area contributed by atoms with Crippen LogP contribution in [-0.4, -0.2) is 30.4 Å². The molecule has 2 aromatic rings. The molecule has 0 spiro atoms. The molecule has 1 atom stereocenters. The third-order valence-electron chi connectivity index (χ3n) is 3.00. The van der Waals surface area contributed by atoms with E-state index in [1.54, 1.807) is 20.3 Å². The first-order valence-corrected chi connectivity index (χ1v) is 7.44. The van der Waals surface area contributed by atoms with E-state index in [0.717, 1.165) is 10.6 Å². The van der Waals surface area contributed by atoms with Crippen LogP contribution >= 0.6 is 11.3 Å². The molecule has 7 nitrogen and oxygen atoms in total. The summed E-state index contributed by atoms with van der Waals surface area (Å²) in [5, 5.41) is 14.4. The first-order valence-electron chi connectivity index (χ1n) is 6.63. The summed E-state index contributed by atoms with van der Waals surface area (Å²) in [4.78, 5) is 12.0. The molecule has 0 fully saturated rings. The number of methoxy groups -OCH3 is 2. The zero-order valence-electron chi connectivity index (χ0n) is 12.8. The minimum absolute atomic E-state index is 0.241. The number of ether oxygens (including phenoxy) is 2. The Hall–Kier alpha value is -2.35. The van der Waals surface area contributed by atoms with E-state index in [0.29, 0.717) is 16.6 Å². The topological polar surface area (TPSA) is 85.4 Å². The molecule has 0 unspecified atom stereocenters. The van der Waals surface area contributed by atoms with E-state index in [4.69, 9.17) is 9.47 Å². The average Bonchev–Trinajstić information content (AvgIpc) is 2.91. The van der Waals surface area contributed by atoms with Crippen molar-refractivity contribution in [2.24, 2.45) is 0 Å². The maximum atomic E-state index is 12.0. The molecule has 0 aliphatic carbocycles. The Morgan fingerprint density at radius 3 is 2.64 bits per heavy atom. The van der Waals surface area contributed by atoms with E-state index in [1.165, 1.54) is 11.3 Å². The number of hydrogen-bond acceptors (Lipinski definition) is 6. The maximum Gasteiger partial charge on any atom is 0.321 e. The molecule has 0 aliphatic heterocycles. The van der Waals surface area contributed by atoms with Crippen LogP contribution in [-0.2, 0) is 0 Å². The van der Waals surface area contributed by atoms with Crippen molar-refractivity contribution in [3.8, 4) is 11.5 Å². The fourth-order valence-electron chi connectivity index (χ4n) is 1.93. The van der Waals surface area contributed by atoms with E-state index in [-0.39, 0.29) is 12.1 Å². The van der Waals surface area contributed by atoms with Gasteiger partial charge in [-0.15, -0.1) is 10.2 Å². The van der Waals surface area contributed by atoms with Gasteiger partial charge in [-0.2, -0.15) is 0 Å². The lowest BCUT2D eigenvalue weighted by atomic mass is 10.1. The molecule has 8 heteroatoms. The molecule has 118 valence electrons. The fraction of sp³-hybridized carbons (Fsp3) is 0.357. The number of amides is 2. The van der Waals surface area contributed by atoms with Crippen molar-refractivity contribution in [2.45, 2.75) is 19.9 Å². The molecule has 2 N–H and O–H groups in total. The first kappa shape index (κ1) is 16.0. The minimum Gasteiger partial charge on any atom is -0.497 e. The highest BCUT2D eigenvalue weighted by atomic mass is 32.1. The summed E-state index contributed by atoms with van der Waals surface area (Å²) in [5.41, 5.74) is 0.854. The number of rotatable bonds is 5. The number of urea groups is 1. The second-order valence-corrected chi connectivity index (χ2v) is 5.74. The standard InChI is InChI=1S/C14H18N4O3S/c1-8(11-6-5-10(20-3)7-12(11)21-4)15-13(19)16-14-18-17-9(2)22-14/h5-8H,1-4H3,(H2,15,16,18,19)/t8-/m0/s1. The van der Waals surface area contributed by atoms with E-state index >= 15 is 0 Å². The average molecular weight is 322 g/mol. The van der Waals surface area contributed by atoms with Gasteiger partial charge < -0.3 is 14.8 Å². The van der Waals surface area contributed by atoms with Crippen molar-refractivity contribution in [3.05, 3.63) is 28.8 Å². The van der Waals surface area contributed by atoms with Crippen LogP contribution in [0.2, 0.25) is 0 Å². The van der Waals surface area contributed by atoms with Gasteiger partial charge in [0.15, 0.2) is 0 Å². The predicted octanol–water partition coefficient (Wildman–Crippen LogP) is 2.75. The molecule has 0 radical (unpaired) electrons. The van der Waals surface area contributed by atoms with Crippen LogP contribution in [0.3, 0.4) is 0 Å². The molecule has 1 heterocycles. The van der Waals surface area contributed by atoms with E-state index in [1.807, 2.05) is 26.0 Å². The molecule has 22 heavy (non-hydrogen) atoms. The Bertz CT molecular complexity index is 659. The van der Waals surface area contributed by atoms with Crippen molar-refractivity contribution in [2.75, 3.05) is 19.5 Å². The fourth-order valence-corrected chi connectivity index (χ4v) is 2.52. The SMILES string of the molecule is COc1ccc([C@H](C)NC(=O)Nc2nnc(C)s2)c(OC)c1. The summed E-state index contributed by atoms with van der Waals surface area (Å²) in [5.74, 6) is 1.35. The number of aromatic nitrogens is 2. The Kier molecular flexibility index (Phi) is 5.16. The van der Waals surface area contributed by atoms with Gasteiger partial charge in [-0.05, 0) is 26.0 Å². The van der Waals surface area contributed by atoms with Crippen molar-refractivity contribution in [1.29, 1.82) is 0 Å². The molecular formula is C14H18N4O3S. The van der Waals surface area contributed by atoms with Gasteiger partial charge in [0.05, 0.1) is 20.3 Å². The first-order chi connectivity index (χ1) is 10.5. The second kappa shape index (κ2) is 7.08. The van der Waals surface area contributed by atoms with Crippen LogP contribution in [0.15, 0.2) is 18.2 Å². The van der Waals surface area contributed by atoms with Crippen LogP contribution in [0.1, 0.15) is 23.5 Å². The predicted molar refractivity (Wildman–Crippen MR) is 84.8 cm³/mol. The van der Waals surface area contributed by atoms with Crippen LogP contribution < -0.4 is 20.1 Å². The van der Waals surface area contributed by atoms with E-state index in [2.05, 4.69) is 20.8 Å². The highest BCUT2D eigenvalue weighted by Gasteiger charge is 2.15. The summed E-state index contributed by atoms with van der Waals surface area (Å²) < 4.78 is 10.5. The molecular weight excluding hydrogens is 304 g/mol. The summed E-state index contributed by atoms with van der Waals surface area (Å²) in [6.07, 6.45) is 0. The van der Waals surface area contributed by atoms with Crippen LogP contribution in [0.25, 0.3) is 0 Å². The Morgan fingerprint density at radius 2 is 2.05 bits per heavy atom. The molecule has 0 bridgehead atoms. The lowest BCUT2D eigenvalue weighted by Crippen LogP contribution is -2.31. The number of benzene rings is 1. The van der Waals surface area contributed by atoms with Gasteiger partial charge in [-0.3, -0.25) is 5.32 Å². The zero-order chi connectivity index (χ0) is 16.1. The molecule has 1 aromatic carbocycles. The maximum absolute atomic E-state index is 12.0. The monoisotopic (exact) mass is 322 g/mol. The van der Waals surface area contributed by atoms with E-state index in [9.17, 15) is 4.79 Å². The number of nitrogens with one attached hydrogen (secondary N) is 2. The summed E-state index contributed by atoms with van der Waals surface area (Å²) in [6, 6.07) is 4.87. The number of hydrogen-bond donors (Lipinski definition) is 2. The van der Waals surface area contributed by atoms with Gasteiger partial charge in [0.25, 0.3) is 0 Å². The Balaban J connectivity index is 2.05. The third-order valence-corrected chi connectivity index (χ3v) is 3.76. The lowest BCUT2D eigenvalue weighted by Gasteiger charge is -2.17. The highest BCUT2D eigenvalue weighted by Crippen LogP contribution is 2.29. The van der Waals surface area contributed by atoms with Crippen molar-refractivity contribution < 1.29 is 14.3 Å². The van der Waals surface area contributed by atoms with Crippen LogP contribution in [0.4, 0.5) is 9.93 Å². The van der Waals surface area contributed by atoms with Crippen LogP contribution in [0, 0.1) is 6.92 Å². The molecule has 0 saturated heterocycles. The van der Waals surface area contributed by atoms with Crippen molar-refractivity contribution >= 4 is 22.5 Å². The molecule has 2 amide bonds. The molecule has 1 aromatic heterocycles. The lowest BCUT2D eigenvalue weighted by molar-refractivity contribution is 0.249. The van der Waals surface area contributed by atoms with Gasteiger partial charge in [-0.25, -0.2) is 4.79 Å². The summed E-state index contributed by atoms with van der Waals surface area (Å²) in [6.45, 7) is 3.70. The summed E-state index contributed by atoms with van der Waals surface area (Å²) >= 11 is 1.32. The van der Waals surface area contributed by atoms with Gasteiger partial charge in [0.2, 0.25) is 5.13 Å². The van der Waals surface area contributed by atoms with Gasteiger partial charge in [0, 0.05) is 11.6 Å². The van der Waals surface area contributed by atoms with Gasteiger partial charge in [0.1, 0.15) is 16.5 Å². The molecule has 2 rings (SSSR count). The van der Waals surface area contributed by atoms with Crippen molar-refractivity contribution in [1.82, 2.24) is 15.5 Å². The van der Waals surface area contributed by atoms with Crippen LogP contribution in [0.5, 0.6) is 11.5 Å². The summed E-state index contributed by atoms with van der Waals surface area (Å²) in [7, 11) is 3.17. The normalized spacial score (nSPS) is 11.6. The number of aryl methyl sites for hydroxylation is 1.